The Morgan fingerprint density at radius 1 is 0.541 bits per heavy atom. The maximum absolute atomic E-state index is 4.66. The highest BCUT2D eigenvalue weighted by Gasteiger charge is 2.03. The van der Waals surface area contributed by atoms with Gasteiger partial charge in [-0.3, -0.25) is 0 Å². The van der Waals surface area contributed by atoms with Gasteiger partial charge in [0.2, 0.25) is 0 Å². The largest absolute Gasteiger partial charge is 0.236 e. The summed E-state index contributed by atoms with van der Waals surface area (Å²) in [5.74, 6) is 1.76. The van der Waals surface area contributed by atoms with Gasteiger partial charge < -0.3 is 0 Å². The zero-order valence-corrected chi connectivity index (χ0v) is 24.8. The fraction of sp³-hybridized carbons (Fsp3) is 0.714. The highest BCUT2D eigenvalue weighted by atomic mass is 14.9. The lowest BCUT2D eigenvalue weighted by molar-refractivity contribution is 0.471. The second-order valence-electron chi connectivity index (χ2n) is 11.6. The van der Waals surface area contributed by atoms with Crippen LogP contribution in [0.5, 0.6) is 0 Å². The first-order valence-electron chi connectivity index (χ1n) is 16.1. The zero-order valence-electron chi connectivity index (χ0n) is 24.8. The first kappa shape index (κ1) is 31.5. The van der Waals surface area contributed by atoms with Gasteiger partial charge in [-0.1, -0.05) is 154 Å². The quantitative estimate of drug-likeness (QED) is 0.140. The lowest BCUT2D eigenvalue weighted by Gasteiger charge is -2.07. The van der Waals surface area contributed by atoms with Crippen LogP contribution < -0.4 is 0 Å². The Bertz CT molecular complexity index is 765. The highest BCUT2D eigenvalue weighted by molar-refractivity contribution is 5.55. The molecule has 0 aliphatic rings. The monoisotopic (exact) mass is 506 g/mol. The highest BCUT2D eigenvalue weighted by Crippen LogP contribution is 2.19. The molecule has 0 aliphatic carbocycles. The average molecular weight is 507 g/mol. The van der Waals surface area contributed by atoms with Crippen LogP contribution in [0.25, 0.3) is 11.4 Å². The van der Waals surface area contributed by atoms with Crippen molar-refractivity contribution in [3.63, 3.8) is 0 Å². The van der Waals surface area contributed by atoms with Gasteiger partial charge in [0.15, 0.2) is 5.82 Å². The summed E-state index contributed by atoms with van der Waals surface area (Å²) in [6, 6.07) is 8.93. The van der Waals surface area contributed by atoms with Crippen LogP contribution in [0.1, 0.15) is 154 Å². The minimum atomic E-state index is 0.853. The van der Waals surface area contributed by atoms with Crippen molar-refractivity contribution in [2.24, 2.45) is 5.92 Å². The fourth-order valence-electron chi connectivity index (χ4n) is 5.18. The summed E-state index contributed by atoms with van der Waals surface area (Å²) in [5, 5.41) is 0. The molecule has 37 heavy (non-hydrogen) atoms. The van der Waals surface area contributed by atoms with E-state index in [0.717, 1.165) is 23.7 Å². The SMILES string of the molecule is CCCCCCCCCCCCCc1cnc(-c2ccc(CCCCCCCCC(C)CC)cc2)nc1. The molecule has 2 heteroatoms. The predicted octanol–water partition coefficient (Wildman–Crippen LogP) is 11.3. The average Bonchev–Trinajstić information content (AvgIpc) is 2.93. The van der Waals surface area contributed by atoms with E-state index in [1.807, 2.05) is 12.4 Å². The van der Waals surface area contributed by atoms with Crippen LogP contribution in [0.15, 0.2) is 36.7 Å². The molecular formula is C35H58N2. The van der Waals surface area contributed by atoms with Gasteiger partial charge >= 0.3 is 0 Å². The van der Waals surface area contributed by atoms with Crippen molar-refractivity contribution in [1.29, 1.82) is 0 Å². The van der Waals surface area contributed by atoms with E-state index in [1.54, 1.807) is 0 Å². The van der Waals surface area contributed by atoms with Crippen molar-refractivity contribution in [3.8, 4) is 11.4 Å². The summed E-state index contributed by atoms with van der Waals surface area (Å²) < 4.78 is 0. The van der Waals surface area contributed by atoms with Crippen molar-refractivity contribution < 1.29 is 0 Å². The van der Waals surface area contributed by atoms with Crippen LogP contribution >= 0.6 is 0 Å². The maximum Gasteiger partial charge on any atom is 0.159 e. The topological polar surface area (TPSA) is 25.8 Å². The molecule has 1 atom stereocenters. The molecule has 0 N–H and O–H groups in total. The number of benzene rings is 1. The molecule has 2 rings (SSSR count). The van der Waals surface area contributed by atoms with Gasteiger partial charge in [-0.2, -0.15) is 0 Å². The van der Waals surface area contributed by atoms with E-state index in [4.69, 9.17) is 0 Å². The van der Waals surface area contributed by atoms with Crippen LogP contribution in [-0.4, -0.2) is 9.97 Å². The summed E-state index contributed by atoms with van der Waals surface area (Å²) in [5.41, 5.74) is 3.84. The van der Waals surface area contributed by atoms with E-state index < -0.39 is 0 Å². The van der Waals surface area contributed by atoms with Crippen molar-refractivity contribution in [3.05, 3.63) is 47.8 Å². The number of rotatable bonds is 23. The van der Waals surface area contributed by atoms with Gasteiger partial charge in [0, 0.05) is 18.0 Å². The molecule has 0 spiro atoms. The van der Waals surface area contributed by atoms with Crippen LogP contribution in [0.2, 0.25) is 0 Å². The lowest BCUT2D eigenvalue weighted by atomic mass is 9.99. The number of aromatic nitrogens is 2. The first-order valence-corrected chi connectivity index (χ1v) is 16.1. The summed E-state index contributed by atoms with van der Waals surface area (Å²) in [4.78, 5) is 9.33. The summed E-state index contributed by atoms with van der Waals surface area (Å²) >= 11 is 0. The summed E-state index contributed by atoms with van der Waals surface area (Å²) in [6.45, 7) is 6.98. The lowest BCUT2D eigenvalue weighted by Crippen LogP contribution is -1.94. The molecule has 0 amide bonds. The third-order valence-electron chi connectivity index (χ3n) is 8.10. The first-order chi connectivity index (χ1) is 18.2. The number of hydrogen-bond donors (Lipinski definition) is 0. The van der Waals surface area contributed by atoms with Gasteiger partial charge in [0.1, 0.15) is 0 Å². The molecule has 0 fully saturated rings. The summed E-state index contributed by atoms with van der Waals surface area (Å²) in [7, 11) is 0. The minimum absolute atomic E-state index is 0.853. The second-order valence-corrected chi connectivity index (χ2v) is 11.6. The molecule has 0 bridgehead atoms. The summed E-state index contributed by atoms with van der Waals surface area (Å²) in [6.07, 6.45) is 32.7. The van der Waals surface area contributed by atoms with Gasteiger partial charge in [0.25, 0.3) is 0 Å². The fourth-order valence-corrected chi connectivity index (χ4v) is 5.18. The van der Waals surface area contributed by atoms with Crippen LogP contribution in [0.4, 0.5) is 0 Å². The minimum Gasteiger partial charge on any atom is -0.236 e. The number of hydrogen-bond acceptors (Lipinski definition) is 2. The number of nitrogens with zero attached hydrogens (tertiary/aromatic N) is 2. The van der Waals surface area contributed by atoms with E-state index in [1.165, 1.54) is 140 Å². The molecule has 0 saturated heterocycles. The number of aryl methyl sites for hydroxylation is 2. The van der Waals surface area contributed by atoms with Crippen molar-refractivity contribution >= 4 is 0 Å². The Morgan fingerprint density at radius 2 is 1.00 bits per heavy atom. The van der Waals surface area contributed by atoms with Gasteiger partial charge in [-0.25, -0.2) is 9.97 Å². The van der Waals surface area contributed by atoms with Gasteiger partial charge in [-0.05, 0) is 42.7 Å². The molecular weight excluding hydrogens is 448 g/mol. The molecule has 0 aliphatic heterocycles. The molecule has 0 radical (unpaired) electrons. The van der Waals surface area contributed by atoms with E-state index in [9.17, 15) is 0 Å². The van der Waals surface area contributed by atoms with Crippen LogP contribution in [0, 0.1) is 5.92 Å². The Hall–Kier alpha value is -1.70. The Morgan fingerprint density at radius 3 is 1.51 bits per heavy atom. The molecule has 2 nitrogen and oxygen atoms in total. The van der Waals surface area contributed by atoms with Crippen molar-refractivity contribution in [1.82, 2.24) is 9.97 Å². The van der Waals surface area contributed by atoms with Gasteiger partial charge in [-0.15, -0.1) is 0 Å². The van der Waals surface area contributed by atoms with Crippen molar-refractivity contribution in [2.45, 2.75) is 156 Å². The molecule has 1 unspecified atom stereocenters. The third-order valence-corrected chi connectivity index (χ3v) is 8.10. The molecule has 0 saturated carbocycles. The molecule has 1 aromatic carbocycles. The van der Waals surface area contributed by atoms with Gasteiger partial charge in [0.05, 0.1) is 0 Å². The van der Waals surface area contributed by atoms with Crippen LogP contribution in [-0.2, 0) is 12.8 Å². The molecule has 208 valence electrons. The van der Waals surface area contributed by atoms with Crippen LogP contribution in [0.3, 0.4) is 0 Å². The van der Waals surface area contributed by atoms with Crippen molar-refractivity contribution in [2.75, 3.05) is 0 Å². The van der Waals surface area contributed by atoms with E-state index in [0.29, 0.717) is 0 Å². The smallest absolute Gasteiger partial charge is 0.159 e. The number of unbranched alkanes of at least 4 members (excludes halogenated alkanes) is 15. The third kappa shape index (κ3) is 15.3. The predicted molar refractivity (Wildman–Crippen MR) is 163 cm³/mol. The zero-order chi connectivity index (χ0) is 26.4. The van der Waals surface area contributed by atoms with E-state index >= 15 is 0 Å². The van der Waals surface area contributed by atoms with E-state index in [2.05, 4.69) is 55.0 Å². The van der Waals surface area contributed by atoms with E-state index in [-0.39, 0.29) is 0 Å². The second kappa shape index (κ2) is 21.3. The maximum atomic E-state index is 4.66. The normalized spacial score (nSPS) is 12.2. The molecule has 1 heterocycles. The molecule has 2 aromatic rings. The standard InChI is InChI=1S/C35H58N2/c1-4-6-7-8-9-10-11-12-13-18-21-24-33-29-36-35(37-30-33)34-27-25-32(26-28-34)23-20-17-15-14-16-19-22-31(3)5-2/h25-31H,4-24H2,1-3H3. The molecule has 1 aromatic heterocycles. The Labute approximate surface area is 230 Å². The Kier molecular flexibility index (Phi) is 18.1. The Balaban J connectivity index is 1.53.